The molecule has 1 spiro atoms. The van der Waals surface area contributed by atoms with Crippen LogP contribution >= 0.6 is 0 Å². The number of hydrogen-bond acceptors (Lipinski definition) is 1. The molecular weight excluding hydrogens is 364 g/mol. The third-order valence-corrected chi connectivity index (χ3v) is 12.3. The lowest BCUT2D eigenvalue weighted by Crippen LogP contribution is -2.64. The van der Waals surface area contributed by atoms with Gasteiger partial charge < -0.3 is 5.11 Å². The van der Waals surface area contributed by atoms with Crippen LogP contribution in [0, 0.1) is 70.0 Å². The second-order valence-electron chi connectivity index (χ2n) is 13.4. The lowest BCUT2D eigenvalue weighted by molar-refractivity contribution is -0.199. The fraction of sp³-hybridized carbons (Fsp3) is 0.931. The van der Waals surface area contributed by atoms with E-state index in [1.807, 2.05) is 0 Å². The molecule has 5 fully saturated rings. The monoisotopic (exact) mass is 410 g/mol. The van der Waals surface area contributed by atoms with Crippen molar-refractivity contribution in [2.24, 2.45) is 57.7 Å². The summed E-state index contributed by atoms with van der Waals surface area (Å²) >= 11 is 0. The molecule has 0 unspecified atom stereocenters. The van der Waals surface area contributed by atoms with Crippen molar-refractivity contribution in [1.29, 1.82) is 0 Å². The lowest BCUT2D eigenvalue weighted by Gasteiger charge is -2.61. The van der Waals surface area contributed by atoms with Crippen molar-refractivity contribution >= 4 is 0 Å². The Labute approximate surface area is 186 Å². The van der Waals surface area contributed by atoms with Gasteiger partial charge in [-0.2, -0.15) is 0 Å². The van der Waals surface area contributed by atoms with Gasteiger partial charge in [0.15, 0.2) is 0 Å². The Hall–Kier alpha value is -0.480. The number of rotatable bonds is 5. The van der Waals surface area contributed by atoms with Crippen molar-refractivity contribution in [1.82, 2.24) is 0 Å². The quantitative estimate of drug-likeness (QED) is 0.480. The van der Waals surface area contributed by atoms with Crippen LogP contribution in [0.4, 0.5) is 0 Å². The Balaban J connectivity index is 1.38. The zero-order chi connectivity index (χ0) is 21.5. The summed E-state index contributed by atoms with van der Waals surface area (Å²) in [6, 6.07) is 0. The van der Waals surface area contributed by atoms with Gasteiger partial charge in [0.1, 0.15) is 5.60 Å². The molecule has 1 heteroatoms. The van der Waals surface area contributed by atoms with Gasteiger partial charge in [0, 0.05) is 5.41 Å². The number of aliphatic hydroxyl groups is 1. The molecule has 0 bridgehead atoms. The van der Waals surface area contributed by atoms with E-state index in [2.05, 4.69) is 40.5 Å². The van der Waals surface area contributed by atoms with Crippen LogP contribution in [0.3, 0.4) is 0 Å². The Morgan fingerprint density at radius 2 is 1.73 bits per heavy atom. The highest BCUT2D eigenvalue weighted by Crippen LogP contribution is 2.83. The zero-order valence-electron chi connectivity index (χ0n) is 20.3. The molecule has 30 heavy (non-hydrogen) atoms. The average Bonchev–Trinajstić information content (AvgIpc) is 3.25. The fourth-order valence-corrected chi connectivity index (χ4v) is 10.9. The van der Waals surface area contributed by atoms with Gasteiger partial charge in [0.25, 0.3) is 0 Å². The van der Waals surface area contributed by atoms with Crippen LogP contribution in [0.15, 0.2) is 0 Å². The maximum atomic E-state index is 11.5. The molecule has 0 radical (unpaired) electrons. The van der Waals surface area contributed by atoms with Crippen molar-refractivity contribution in [2.45, 2.75) is 111 Å². The Bertz CT molecular complexity index is 733. The fourth-order valence-electron chi connectivity index (χ4n) is 10.9. The molecule has 0 aromatic heterocycles. The summed E-state index contributed by atoms with van der Waals surface area (Å²) in [7, 11) is 0. The van der Waals surface area contributed by atoms with E-state index in [0.29, 0.717) is 11.3 Å². The van der Waals surface area contributed by atoms with Crippen LogP contribution in [0.5, 0.6) is 0 Å². The van der Waals surface area contributed by atoms with Crippen molar-refractivity contribution in [3.8, 4) is 12.3 Å². The predicted molar refractivity (Wildman–Crippen MR) is 125 cm³/mol. The van der Waals surface area contributed by atoms with Crippen molar-refractivity contribution in [2.75, 3.05) is 0 Å². The van der Waals surface area contributed by atoms with Crippen molar-refractivity contribution < 1.29 is 5.11 Å². The summed E-state index contributed by atoms with van der Waals surface area (Å²) in [5.74, 6) is 8.71. The van der Waals surface area contributed by atoms with Crippen LogP contribution in [0.25, 0.3) is 0 Å². The van der Waals surface area contributed by atoms with Gasteiger partial charge in [-0.25, -0.2) is 0 Å². The Kier molecular flexibility index (Phi) is 4.82. The summed E-state index contributed by atoms with van der Waals surface area (Å²) in [4.78, 5) is 0. The average molecular weight is 411 g/mol. The molecule has 1 nitrogen and oxygen atoms in total. The first-order valence-electron chi connectivity index (χ1n) is 13.3. The van der Waals surface area contributed by atoms with Gasteiger partial charge in [0.2, 0.25) is 0 Å². The van der Waals surface area contributed by atoms with E-state index in [4.69, 9.17) is 6.42 Å². The molecule has 0 saturated heterocycles. The van der Waals surface area contributed by atoms with E-state index in [1.54, 1.807) is 0 Å². The molecule has 5 saturated carbocycles. The molecular formula is C29H46O. The normalized spacial score (nSPS) is 54.7. The van der Waals surface area contributed by atoms with Crippen molar-refractivity contribution in [3.63, 3.8) is 0 Å². The Morgan fingerprint density at radius 1 is 0.967 bits per heavy atom. The highest BCUT2D eigenvalue weighted by molar-refractivity contribution is 5.36. The smallest absolute Gasteiger partial charge is 0.131 e. The maximum absolute atomic E-state index is 11.5. The molecule has 0 aromatic carbocycles. The SMILES string of the molecule is C#C[C@]1(O)C[C@H]2CC[C@]3(C)[C@H]4CC[C@]5(C)[C@@H]([C@H](C)CCCC(C)C)CC[C@H]5[C@@H]4C[C@@]213. The van der Waals surface area contributed by atoms with E-state index in [0.717, 1.165) is 41.9 Å². The minimum atomic E-state index is -0.821. The largest absolute Gasteiger partial charge is 0.377 e. The van der Waals surface area contributed by atoms with Gasteiger partial charge in [-0.3, -0.25) is 0 Å². The summed E-state index contributed by atoms with van der Waals surface area (Å²) < 4.78 is 0. The zero-order valence-corrected chi connectivity index (χ0v) is 20.3. The summed E-state index contributed by atoms with van der Waals surface area (Å²) in [5, 5.41) is 11.5. The third kappa shape index (κ3) is 2.42. The van der Waals surface area contributed by atoms with E-state index < -0.39 is 5.60 Å². The lowest BCUT2D eigenvalue weighted by atomic mass is 9.44. The van der Waals surface area contributed by atoms with Gasteiger partial charge in [0.05, 0.1) is 0 Å². The van der Waals surface area contributed by atoms with E-state index in [9.17, 15) is 5.11 Å². The molecule has 168 valence electrons. The highest BCUT2D eigenvalue weighted by atomic mass is 16.3. The third-order valence-electron chi connectivity index (χ3n) is 12.3. The predicted octanol–water partition coefficient (Wildman–Crippen LogP) is 7.08. The molecule has 5 aliphatic rings. The molecule has 0 aliphatic heterocycles. The van der Waals surface area contributed by atoms with Crippen LogP contribution in [0.1, 0.15) is 105 Å². The number of hydrogen-bond donors (Lipinski definition) is 1. The summed E-state index contributed by atoms with van der Waals surface area (Å²) in [6.45, 7) is 12.5. The second-order valence-corrected chi connectivity index (χ2v) is 13.4. The summed E-state index contributed by atoms with van der Waals surface area (Å²) in [6.07, 6.45) is 20.6. The molecule has 5 aliphatic carbocycles. The highest BCUT2D eigenvalue weighted by Gasteiger charge is 2.80. The van der Waals surface area contributed by atoms with Crippen LogP contribution in [0.2, 0.25) is 0 Å². The maximum Gasteiger partial charge on any atom is 0.131 e. The molecule has 0 heterocycles. The van der Waals surface area contributed by atoms with E-state index >= 15 is 0 Å². The van der Waals surface area contributed by atoms with Gasteiger partial charge in [-0.05, 0) is 104 Å². The molecule has 0 aromatic rings. The van der Waals surface area contributed by atoms with Gasteiger partial charge >= 0.3 is 0 Å². The van der Waals surface area contributed by atoms with Crippen LogP contribution in [-0.2, 0) is 0 Å². The first-order valence-corrected chi connectivity index (χ1v) is 13.3. The van der Waals surface area contributed by atoms with Crippen LogP contribution < -0.4 is 0 Å². The number of terminal acetylenes is 1. The Morgan fingerprint density at radius 3 is 2.43 bits per heavy atom. The molecule has 1 N–H and O–H groups in total. The topological polar surface area (TPSA) is 20.2 Å². The standard InChI is InChI=1S/C29H46O/c1-7-28(30)17-21-13-16-27(6)25-14-15-26(5)23(20(4)10-8-9-19(2)3)11-12-24(26)22(25)18-29(21,27)28/h1,19-25,30H,8-18H2,2-6H3/t20-,21-,22+,23-,24+,25+,26-,27-,28+,29+/m1/s1. The minimum absolute atomic E-state index is 0.0380. The van der Waals surface area contributed by atoms with Crippen LogP contribution in [-0.4, -0.2) is 10.7 Å². The minimum Gasteiger partial charge on any atom is -0.377 e. The van der Waals surface area contributed by atoms with Gasteiger partial charge in [-0.1, -0.05) is 59.8 Å². The van der Waals surface area contributed by atoms with Gasteiger partial charge in [-0.15, -0.1) is 6.42 Å². The number of fused-ring (bicyclic) bond motifs is 4. The second kappa shape index (κ2) is 6.76. The first kappa shape index (κ1) is 21.4. The van der Waals surface area contributed by atoms with Crippen molar-refractivity contribution in [3.05, 3.63) is 0 Å². The first-order chi connectivity index (χ1) is 14.1. The van der Waals surface area contributed by atoms with E-state index in [-0.39, 0.29) is 10.8 Å². The molecule has 0 amide bonds. The van der Waals surface area contributed by atoms with E-state index in [1.165, 1.54) is 64.2 Å². The summed E-state index contributed by atoms with van der Waals surface area (Å²) in [5.41, 5.74) is 0.0245. The molecule has 10 atom stereocenters. The molecule has 5 rings (SSSR count).